The van der Waals surface area contributed by atoms with Gasteiger partial charge in [0.25, 0.3) is 0 Å². The van der Waals surface area contributed by atoms with Crippen LogP contribution >= 0.6 is 0 Å². The number of methoxy groups -OCH3 is 2. The fourth-order valence-corrected chi connectivity index (χ4v) is 3.69. The monoisotopic (exact) mass is 407 g/mol. The molecule has 0 spiro atoms. The molecule has 1 aliphatic rings. The molecule has 0 bridgehead atoms. The fraction of sp³-hybridized carbons (Fsp3) is 0.318. The maximum absolute atomic E-state index is 11.6. The topological polar surface area (TPSA) is 92.4 Å². The fourth-order valence-electron chi connectivity index (χ4n) is 3.69. The van der Waals surface area contributed by atoms with E-state index in [1.54, 1.807) is 27.5 Å². The summed E-state index contributed by atoms with van der Waals surface area (Å²) in [7, 11) is 3.27. The summed E-state index contributed by atoms with van der Waals surface area (Å²) in [5.74, 6) is 2.33. The van der Waals surface area contributed by atoms with Crippen molar-refractivity contribution in [3.8, 4) is 11.5 Å². The molecule has 0 saturated heterocycles. The molecule has 8 nitrogen and oxygen atoms in total. The molecule has 4 rings (SSSR count). The first-order valence-corrected chi connectivity index (χ1v) is 9.82. The van der Waals surface area contributed by atoms with Crippen molar-refractivity contribution in [3.63, 3.8) is 0 Å². The highest BCUT2D eigenvalue weighted by Crippen LogP contribution is 2.31. The second kappa shape index (κ2) is 8.44. The number of carbonyl (C=O) groups is 1. The van der Waals surface area contributed by atoms with E-state index in [-0.39, 0.29) is 5.91 Å². The minimum absolute atomic E-state index is 0.104. The number of nitrogens with zero attached hydrogens (tertiary/aromatic N) is 3. The zero-order valence-corrected chi connectivity index (χ0v) is 17.4. The number of ether oxygens (including phenoxy) is 2. The first-order valence-electron chi connectivity index (χ1n) is 9.82. The molecule has 2 N–H and O–H groups in total. The minimum Gasteiger partial charge on any atom is -0.497 e. The first kappa shape index (κ1) is 19.8. The number of hydrogen-bond acceptors (Lipinski definition) is 6. The van der Waals surface area contributed by atoms with Crippen LogP contribution in [0.25, 0.3) is 16.6 Å². The molecule has 8 heteroatoms. The molecule has 0 atom stereocenters. The van der Waals surface area contributed by atoms with E-state index in [1.807, 2.05) is 29.3 Å². The van der Waals surface area contributed by atoms with Crippen LogP contribution in [-0.2, 0) is 11.3 Å². The van der Waals surface area contributed by atoms with Gasteiger partial charge in [-0.05, 0) is 24.1 Å². The van der Waals surface area contributed by atoms with Crippen molar-refractivity contribution < 1.29 is 14.3 Å². The molecular formula is C22H25N5O3. The van der Waals surface area contributed by atoms with Crippen LogP contribution in [0.3, 0.4) is 0 Å². The Hall–Kier alpha value is -3.55. The SMILES string of the molecule is COc1ccc(CNc2ncnc3c(C4=CCN(C(C)=O)CC4)c[nH]c23)c(OC)c1. The summed E-state index contributed by atoms with van der Waals surface area (Å²) in [6, 6.07) is 5.73. The van der Waals surface area contributed by atoms with Gasteiger partial charge in [0.1, 0.15) is 28.9 Å². The number of amides is 1. The third-order valence-electron chi connectivity index (χ3n) is 5.40. The van der Waals surface area contributed by atoms with Gasteiger partial charge >= 0.3 is 0 Å². The van der Waals surface area contributed by atoms with Gasteiger partial charge in [-0.25, -0.2) is 9.97 Å². The smallest absolute Gasteiger partial charge is 0.219 e. The third-order valence-corrected chi connectivity index (χ3v) is 5.40. The number of carbonyl (C=O) groups excluding carboxylic acids is 1. The maximum Gasteiger partial charge on any atom is 0.219 e. The minimum atomic E-state index is 0.104. The summed E-state index contributed by atoms with van der Waals surface area (Å²) in [5.41, 5.74) is 4.98. The van der Waals surface area contributed by atoms with Crippen LogP contribution in [0.5, 0.6) is 11.5 Å². The normalized spacial score (nSPS) is 13.8. The van der Waals surface area contributed by atoms with Crippen molar-refractivity contribution in [2.75, 3.05) is 32.6 Å². The Morgan fingerprint density at radius 2 is 2.13 bits per heavy atom. The third kappa shape index (κ3) is 3.80. The van der Waals surface area contributed by atoms with Gasteiger partial charge in [0.2, 0.25) is 5.91 Å². The first-order chi connectivity index (χ1) is 14.6. The van der Waals surface area contributed by atoms with Gasteiger partial charge in [0.05, 0.1) is 14.2 Å². The zero-order valence-electron chi connectivity index (χ0n) is 17.4. The van der Waals surface area contributed by atoms with Crippen LogP contribution in [0, 0.1) is 0 Å². The second-order valence-corrected chi connectivity index (χ2v) is 7.12. The largest absolute Gasteiger partial charge is 0.497 e. The van der Waals surface area contributed by atoms with E-state index in [4.69, 9.17) is 9.47 Å². The Morgan fingerprint density at radius 3 is 2.83 bits per heavy atom. The number of fused-ring (bicyclic) bond motifs is 1. The molecule has 1 aromatic carbocycles. The van der Waals surface area contributed by atoms with Gasteiger partial charge in [0.15, 0.2) is 5.82 Å². The number of nitrogens with one attached hydrogen (secondary N) is 2. The average Bonchev–Trinajstić information content (AvgIpc) is 3.22. The predicted molar refractivity (Wildman–Crippen MR) is 116 cm³/mol. The highest BCUT2D eigenvalue weighted by Gasteiger charge is 2.19. The van der Waals surface area contributed by atoms with Crippen molar-refractivity contribution in [1.82, 2.24) is 19.9 Å². The number of hydrogen-bond donors (Lipinski definition) is 2. The zero-order chi connectivity index (χ0) is 21.1. The van der Waals surface area contributed by atoms with E-state index in [0.29, 0.717) is 13.1 Å². The molecule has 1 amide bonds. The Balaban J connectivity index is 1.56. The van der Waals surface area contributed by atoms with Crippen LogP contribution in [0.4, 0.5) is 5.82 Å². The summed E-state index contributed by atoms with van der Waals surface area (Å²) < 4.78 is 10.7. The van der Waals surface area contributed by atoms with E-state index in [2.05, 4.69) is 26.3 Å². The summed E-state index contributed by atoms with van der Waals surface area (Å²) >= 11 is 0. The molecule has 3 heterocycles. The molecule has 30 heavy (non-hydrogen) atoms. The van der Waals surface area contributed by atoms with Gasteiger partial charge in [-0.1, -0.05) is 6.08 Å². The van der Waals surface area contributed by atoms with Gasteiger partial charge in [-0.3, -0.25) is 4.79 Å². The van der Waals surface area contributed by atoms with Crippen LogP contribution in [0.15, 0.2) is 36.8 Å². The average molecular weight is 407 g/mol. The molecule has 0 radical (unpaired) electrons. The highest BCUT2D eigenvalue weighted by molar-refractivity contribution is 5.95. The molecule has 1 aliphatic heterocycles. The Labute approximate surface area is 174 Å². The number of anilines is 1. The van der Waals surface area contributed by atoms with Crippen molar-refractivity contribution in [1.29, 1.82) is 0 Å². The van der Waals surface area contributed by atoms with Gasteiger partial charge in [-0.15, -0.1) is 0 Å². The van der Waals surface area contributed by atoms with Gasteiger partial charge < -0.3 is 24.7 Å². The summed E-state index contributed by atoms with van der Waals surface area (Å²) in [4.78, 5) is 25.6. The molecule has 0 aliphatic carbocycles. The summed E-state index contributed by atoms with van der Waals surface area (Å²) in [6.45, 7) is 3.50. The standard InChI is InChI=1S/C22H25N5O3/c1-14(28)27-8-6-15(7-9-27)18-12-23-21-20(18)25-13-26-22(21)24-11-16-4-5-17(29-2)10-19(16)30-3/h4-6,10,12-13,23H,7-9,11H2,1-3H3,(H,24,25,26). The Kier molecular flexibility index (Phi) is 5.56. The van der Waals surface area contributed by atoms with Gasteiger partial charge in [0, 0.05) is 49.9 Å². The lowest BCUT2D eigenvalue weighted by atomic mass is 10.0. The van der Waals surface area contributed by atoms with E-state index < -0.39 is 0 Å². The molecule has 0 fully saturated rings. The number of H-pyrrole nitrogens is 1. The van der Waals surface area contributed by atoms with Crippen LogP contribution in [0.1, 0.15) is 24.5 Å². The number of aromatic nitrogens is 3. The lowest BCUT2D eigenvalue weighted by Gasteiger charge is -2.25. The van der Waals surface area contributed by atoms with E-state index in [0.717, 1.165) is 52.4 Å². The number of rotatable bonds is 6. The highest BCUT2D eigenvalue weighted by atomic mass is 16.5. The molecule has 156 valence electrons. The molecule has 2 aromatic heterocycles. The molecule has 0 unspecified atom stereocenters. The summed E-state index contributed by atoms with van der Waals surface area (Å²) in [6.07, 6.45) is 6.44. The van der Waals surface area contributed by atoms with E-state index in [1.165, 1.54) is 5.57 Å². The van der Waals surface area contributed by atoms with E-state index in [9.17, 15) is 4.79 Å². The maximum atomic E-state index is 11.6. The number of benzene rings is 1. The van der Waals surface area contributed by atoms with Crippen molar-refractivity contribution >= 4 is 28.3 Å². The van der Waals surface area contributed by atoms with E-state index >= 15 is 0 Å². The Bertz CT molecular complexity index is 1110. The Morgan fingerprint density at radius 1 is 1.27 bits per heavy atom. The van der Waals surface area contributed by atoms with Crippen molar-refractivity contribution in [2.24, 2.45) is 0 Å². The van der Waals surface area contributed by atoms with Crippen molar-refractivity contribution in [2.45, 2.75) is 19.9 Å². The predicted octanol–water partition coefficient (Wildman–Crippen LogP) is 3.22. The lowest BCUT2D eigenvalue weighted by molar-refractivity contribution is -0.128. The quantitative estimate of drug-likeness (QED) is 0.652. The summed E-state index contributed by atoms with van der Waals surface area (Å²) in [5, 5.41) is 3.38. The molecule has 3 aromatic rings. The lowest BCUT2D eigenvalue weighted by Crippen LogP contribution is -2.32. The van der Waals surface area contributed by atoms with Gasteiger partial charge in [-0.2, -0.15) is 0 Å². The molecular weight excluding hydrogens is 382 g/mol. The van der Waals surface area contributed by atoms with Crippen LogP contribution in [-0.4, -0.2) is 53.1 Å². The van der Waals surface area contributed by atoms with Crippen LogP contribution in [0.2, 0.25) is 0 Å². The van der Waals surface area contributed by atoms with Crippen molar-refractivity contribution in [3.05, 3.63) is 47.9 Å². The number of aromatic amines is 1. The molecule has 0 saturated carbocycles. The second-order valence-electron chi connectivity index (χ2n) is 7.12. The van der Waals surface area contributed by atoms with Crippen LogP contribution < -0.4 is 14.8 Å².